The predicted octanol–water partition coefficient (Wildman–Crippen LogP) is 2.21. The van der Waals surface area contributed by atoms with Crippen LogP contribution in [0.3, 0.4) is 0 Å². The first-order chi connectivity index (χ1) is 8.97. The van der Waals surface area contributed by atoms with Crippen LogP contribution in [0.1, 0.15) is 22.3 Å². The first-order valence-corrected chi connectivity index (χ1v) is 6.64. The lowest BCUT2D eigenvalue weighted by molar-refractivity contribution is 0.425. The summed E-state index contributed by atoms with van der Waals surface area (Å²) in [6, 6.07) is 8.04. The van der Waals surface area contributed by atoms with Crippen molar-refractivity contribution in [3.05, 3.63) is 51.5 Å². The summed E-state index contributed by atoms with van der Waals surface area (Å²) in [5.74, 6) is 0. The Morgan fingerprint density at radius 3 is 2.16 bits per heavy atom. The average Bonchev–Trinajstić information content (AvgIpc) is 2.66. The van der Waals surface area contributed by atoms with Crippen molar-refractivity contribution in [2.75, 3.05) is 0 Å². The predicted molar refractivity (Wildman–Crippen MR) is 79.0 cm³/mol. The van der Waals surface area contributed by atoms with Gasteiger partial charge in [0.1, 0.15) is 0 Å². The second kappa shape index (κ2) is 4.38. The Morgan fingerprint density at radius 1 is 0.947 bits per heavy atom. The molecule has 3 rings (SSSR count). The minimum Gasteiger partial charge on any atom is -0.423 e. The largest absolute Gasteiger partial charge is 0.488 e. The van der Waals surface area contributed by atoms with Gasteiger partial charge in [0.05, 0.1) is 0 Å². The number of hydrogen-bond donors (Lipinski definition) is 2. The first kappa shape index (κ1) is 12.7. The van der Waals surface area contributed by atoms with E-state index >= 15 is 0 Å². The van der Waals surface area contributed by atoms with E-state index < -0.39 is 7.12 Å². The Kier molecular flexibility index (Phi) is 2.93. The molecule has 2 aromatic rings. The van der Waals surface area contributed by atoms with E-state index in [-0.39, 0.29) is 0 Å². The van der Waals surface area contributed by atoms with Crippen molar-refractivity contribution in [1.82, 2.24) is 0 Å². The van der Waals surface area contributed by atoms with Crippen LogP contribution in [0.15, 0.2) is 24.3 Å². The maximum atomic E-state index is 9.38. The van der Waals surface area contributed by atoms with Crippen molar-refractivity contribution >= 4 is 24.2 Å². The fraction of sp³-hybridized carbons (Fsp3) is 0.200. The lowest BCUT2D eigenvalue weighted by Crippen LogP contribution is -2.32. The molecule has 0 aromatic heterocycles. The Hall–Kier alpha value is -1.29. The van der Waals surface area contributed by atoms with E-state index in [4.69, 9.17) is 11.6 Å². The number of fused-ring (bicyclic) bond motifs is 3. The van der Waals surface area contributed by atoms with Gasteiger partial charge in [-0.2, -0.15) is 0 Å². The lowest BCUT2D eigenvalue weighted by atomic mass is 9.76. The van der Waals surface area contributed by atoms with Gasteiger partial charge >= 0.3 is 7.12 Å². The van der Waals surface area contributed by atoms with Gasteiger partial charge in [0.15, 0.2) is 0 Å². The molecular weight excluding hydrogens is 258 g/mol. The van der Waals surface area contributed by atoms with Gasteiger partial charge in [-0.3, -0.25) is 0 Å². The molecule has 4 heteroatoms. The van der Waals surface area contributed by atoms with Gasteiger partial charge in [-0.25, -0.2) is 0 Å². The Labute approximate surface area is 117 Å². The molecule has 2 nitrogen and oxygen atoms in total. The van der Waals surface area contributed by atoms with Crippen LogP contribution in [0, 0.1) is 13.8 Å². The van der Waals surface area contributed by atoms with E-state index in [1.807, 2.05) is 32.0 Å². The van der Waals surface area contributed by atoms with Crippen molar-refractivity contribution < 1.29 is 10.0 Å². The lowest BCUT2D eigenvalue weighted by Gasteiger charge is -2.09. The van der Waals surface area contributed by atoms with Crippen molar-refractivity contribution in [2.45, 2.75) is 20.3 Å². The summed E-state index contributed by atoms with van der Waals surface area (Å²) in [7, 11) is -1.42. The molecule has 0 heterocycles. The number of halogens is 1. The summed E-state index contributed by atoms with van der Waals surface area (Å²) in [5.41, 5.74) is 7.26. The van der Waals surface area contributed by atoms with Gasteiger partial charge in [-0.15, -0.1) is 0 Å². The van der Waals surface area contributed by atoms with Crippen LogP contribution in [0.5, 0.6) is 0 Å². The molecule has 19 heavy (non-hydrogen) atoms. The van der Waals surface area contributed by atoms with Gasteiger partial charge in [0.2, 0.25) is 0 Å². The highest BCUT2D eigenvalue weighted by molar-refractivity contribution is 6.59. The topological polar surface area (TPSA) is 40.5 Å². The molecule has 1 aliphatic rings. The number of benzene rings is 2. The average molecular weight is 273 g/mol. The third-order valence-corrected chi connectivity index (χ3v) is 4.23. The molecule has 0 amide bonds. The van der Waals surface area contributed by atoms with Crippen LogP contribution in [0.25, 0.3) is 11.1 Å². The van der Waals surface area contributed by atoms with Crippen molar-refractivity contribution in [3.8, 4) is 11.1 Å². The summed E-state index contributed by atoms with van der Waals surface area (Å²) in [5, 5.41) is 19.5. The van der Waals surface area contributed by atoms with Crippen LogP contribution < -0.4 is 5.46 Å². The third kappa shape index (κ3) is 1.98. The molecule has 0 bridgehead atoms. The van der Waals surface area contributed by atoms with Crippen molar-refractivity contribution in [3.63, 3.8) is 0 Å². The van der Waals surface area contributed by atoms with E-state index in [2.05, 4.69) is 6.07 Å². The third-order valence-electron chi connectivity index (χ3n) is 3.83. The summed E-state index contributed by atoms with van der Waals surface area (Å²) in [6.45, 7) is 3.90. The fourth-order valence-electron chi connectivity index (χ4n) is 2.77. The molecule has 0 radical (unpaired) electrons. The van der Waals surface area contributed by atoms with Crippen molar-refractivity contribution in [2.24, 2.45) is 0 Å². The molecule has 0 fully saturated rings. The molecular formula is C15H14BClO2. The summed E-state index contributed by atoms with van der Waals surface area (Å²) < 4.78 is 0. The Bertz CT molecular complexity index is 680. The zero-order valence-corrected chi connectivity index (χ0v) is 11.6. The van der Waals surface area contributed by atoms with Crippen molar-refractivity contribution in [1.29, 1.82) is 0 Å². The minimum atomic E-state index is -1.42. The van der Waals surface area contributed by atoms with E-state index in [1.54, 1.807) is 0 Å². The molecule has 0 saturated heterocycles. The van der Waals surface area contributed by atoms with Gasteiger partial charge in [-0.1, -0.05) is 29.3 Å². The van der Waals surface area contributed by atoms with Crippen LogP contribution in [0.4, 0.5) is 0 Å². The monoisotopic (exact) mass is 272 g/mol. The van der Waals surface area contributed by atoms with E-state index in [0.717, 1.165) is 28.1 Å². The van der Waals surface area contributed by atoms with E-state index in [0.29, 0.717) is 5.46 Å². The van der Waals surface area contributed by atoms with Gasteiger partial charge in [-0.05, 0) is 65.7 Å². The first-order valence-electron chi connectivity index (χ1n) is 6.26. The highest BCUT2D eigenvalue weighted by Gasteiger charge is 2.23. The molecule has 0 saturated carbocycles. The Balaban J connectivity index is 2.20. The summed E-state index contributed by atoms with van der Waals surface area (Å²) >= 11 is 6.17. The smallest absolute Gasteiger partial charge is 0.423 e. The fourth-order valence-corrected chi connectivity index (χ4v) is 2.96. The molecule has 0 atom stereocenters. The number of hydrogen-bond acceptors (Lipinski definition) is 2. The molecule has 96 valence electrons. The normalized spacial score (nSPS) is 12.3. The van der Waals surface area contributed by atoms with Crippen LogP contribution in [0.2, 0.25) is 5.02 Å². The van der Waals surface area contributed by atoms with Crippen LogP contribution in [-0.2, 0) is 6.42 Å². The highest BCUT2D eigenvalue weighted by atomic mass is 35.5. The number of rotatable bonds is 1. The van der Waals surface area contributed by atoms with Crippen LogP contribution >= 0.6 is 11.6 Å². The molecule has 0 aliphatic heterocycles. The summed E-state index contributed by atoms with van der Waals surface area (Å²) in [6.07, 6.45) is 0.796. The molecule has 0 spiro atoms. The molecule has 2 aromatic carbocycles. The molecule has 2 N–H and O–H groups in total. The van der Waals surface area contributed by atoms with E-state index in [1.165, 1.54) is 16.7 Å². The summed E-state index contributed by atoms with van der Waals surface area (Å²) in [4.78, 5) is 0. The molecule has 0 unspecified atom stereocenters. The van der Waals surface area contributed by atoms with Crippen LogP contribution in [-0.4, -0.2) is 17.2 Å². The molecule has 1 aliphatic carbocycles. The quantitative estimate of drug-likeness (QED) is 0.667. The maximum absolute atomic E-state index is 9.38. The van der Waals surface area contributed by atoms with Gasteiger partial charge < -0.3 is 10.0 Å². The van der Waals surface area contributed by atoms with Gasteiger partial charge in [0.25, 0.3) is 0 Å². The van der Waals surface area contributed by atoms with Gasteiger partial charge in [0, 0.05) is 5.02 Å². The van der Waals surface area contributed by atoms with E-state index in [9.17, 15) is 10.0 Å². The minimum absolute atomic E-state index is 0.578. The number of aryl methyl sites for hydroxylation is 2. The Morgan fingerprint density at radius 2 is 1.53 bits per heavy atom. The zero-order chi connectivity index (χ0) is 13.7. The zero-order valence-electron chi connectivity index (χ0n) is 10.9. The second-order valence-electron chi connectivity index (χ2n) is 5.17. The highest BCUT2D eigenvalue weighted by Crippen LogP contribution is 2.39. The SMILES string of the molecule is Cc1cc2c(cc1Cl)Cc1cc(B(O)O)c(C)cc1-2. The second-order valence-corrected chi connectivity index (χ2v) is 5.58. The maximum Gasteiger partial charge on any atom is 0.488 e. The standard InChI is InChI=1S/C15H14BClO2/c1-8-3-12-10(6-14(8)16(18)19)5-11-7-15(17)9(2)4-13(11)12/h3-4,6-7,18-19H,5H2,1-2H3.